The van der Waals surface area contributed by atoms with Crippen molar-refractivity contribution in [2.75, 3.05) is 0 Å². The fraction of sp³-hybridized carbons (Fsp3) is 1.00. The average Bonchev–Trinajstić information content (AvgIpc) is 2.57. The van der Waals surface area contributed by atoms with E-state index in [1.54, 1.807) is 0 Å². The van der Waals surface area contributed by atoms with Crippen molar-refractivity contribution in [3.63, 3.8) is 0 Å². The SMILES string of the molecule is O=[N+]([O-])[C@@H]1CC2O[C@@H]([N+](=O)[O-])CC2O1. The number of hydrogen-bond acceptors (Lipinski definition) is 6. The molecule has 2 fully saturated rings. The second kappa shape index (κ2) is 3.14. The van der Waals surface area contributed by atoms with Crippen LogP contribution in [0, 0.1) is 20.2 Å². The molecule has 0 aliphatic carbocycles. The van der Waals surface area contributed by atoms with E-state index in [-0.39, 0.29) is 12.8 Å². The third-order valence-electron chi connectivity index (χ3n) is 2.42. The van der Waals surface area contributed by atoms with Crippen LogP contribution in [0.1, 0.15) is 12.8 Å². The lowest BCUT2D eigenvalue weighted by molar-refractivity contribution is -0.585. The van der Waals surface area contributed by atoms with Crippen LogP contribution in [0.2, 0.25) is 0 Å². The summed E-state index contributed by atoms with van der Waals surface area (Å²) in [7, 11) is 0. The van der Waals surface area contributed by atoms with E-state index >= 15 is 0 Å². The Labute approximate surface area is 78.1 Å². The van der Waals surface area contributed by atoms with Crippen molar-refractivity contribution < 1.29 is 19.3 Å². The van der Waals surface area contributed by atoms with E-state index in [0.29, 0.717) is 0 Å². The Morgan fingerprint density at radius 3 is 1.57 bits per heavy atom. The first-order valence-corrected chi connectivity index (χ1v) is 4.16. The van der Waals surface area contributed by atoms with E-state index in [1.807, 2.05) is 0 Å². The summed E-state index contributed by atoms with van der Waals surface area (Å²) in [6, 6.07) is 0. The van der Waals surface area contributed by atoms with Gasteiger partial charge in [0.25, 0.3) is 0 Å². The van der Waals surface area contributed by atoms with Gasteiger partial charge in [-0.3, -0.25) is 20.2 Å². The highest BCUT2D eigenvalue weighted by atomic mass is 16.7. The standard InChI is InChI=1S/C6H8N2O6/c9-7(10)5-1-3-4(14-5)2-6(13-3)8(11)12/h3-6H,1-2H2/t3?,4?,5-,6+. The van der Waals surface area contributed by atoms with E-state index < -0.39 is 34.5 Å². The van der Waals surface area contributed by atoms with Crippen LogP contribution in [-0.4, -0.2) is 34.5 Å². The highest BCUT2D eigenvalue weighted by Gasteiger charge is 2.52. The zero-order chi connectivity index (χ0) is 10.3. The Bertz CT molecular complexity index is 241. The summed E-state index contributed by atoms with van der Waals surface area (Å²) >= 11 is 0. The predicted octanol–water partition coefficient (Wildman–Crippen LogP) is -0.230. The highest BCUT2D eigenvalue weighted by Crippen LogP contribution is 2.34. The Morgan fingerprint density at radius 2 is 1.29 bits per heavy atom. The number of ether oxygens (including phenoxy) is 2. The molecule has 0 radical (unpaired) electrons. The zero-order valence-electron chi connectivity index (χ0n) is 7.07. The molecule has 0 saturated carbocycles. The third kappa shape index (κ3) is 1.42. The van der Waals surface area contributed by atoms with Crippen LogP contribution in [0.25, 0.3) is 0 Å². The highest BCUT2D eigenvalue weighted by molar-refractivity contribution is 4.85. The Balaban J connectivity index is 1.96. The van der Waals surface area contributed by atoms with Gasteiger partial charge in [0.2, 0.25) is 0 Å². The summed E-state index contributed by atoms with van der Waals surface area (Å²) in [4.78, 5) is 19.6. The van der Waals surface area contributed by atoms with Crippen molar-refractivity contribution in [1.82, 2.24) is 0 Å². The molecule has 4 atom stereocenters. The third-order valence-corrected chi connectivity index (χ3v) is 2.42. The zero-order valence-corrected chi connectivity index (χ0v) is 7.07. The van der Waals surface area contributed by atoms with Crippen LogP contribution in [0.3, 0.4) is 0 Å². The molecule has 2 aliphatic rings. The van der Waals surface area contributed by atoms with Gasteiger partial charge in [0.1, 0.15) is 12.2 Å². The van der Waals surface area contributed by atoms with Crippen LogP contribution >= 0.6 is 0 Å². The van der Waals surface area contributed by atoms with Crippen LogP contribution in [0.5, 0.6) is 0 Å². The monoisotopic (exact) mass is 204 g/mol. The minimum atomic E-state index is -1.07. The molecular weight excluding hydrogens is 196 g/mol. The van der Waals surface area contributed by atoms with Gasteiger partial charge in [0, 0.05) is 0 Å². The maximum atomic E-state index is 10.3. The van der Waals surface area contributed by atoms with Gasteiger partial charge in [-0.25, -0.2) is 0 Å². The normalized spacial score (nSPS) is 40.9. The van der Waals surface area contributed by atoms with Gasteiger partial charge in [-0.15, -0.1) is 0 Å². The lowest BCUT2D eigenvalue weighted by Crippen LogP contribution is -2.24. The van der Waals surface area contributed by atoms with Gasteiger partial charge in [-0.1, -0.05) is 0 Å². The molecule has 2 saturated heterocycles. The smallest absolute Gasteiger partial charge is 0.311 e. The maximum Gasteiger partial charge on any atom is 0.318 e. The molecule has 0 spiro atoms. The summed E-state index contributed by atoms with van der Waals surface area (Å²) in [5, 5.41) is 20.7. The first-order chi connectivity index (χ1) is 6.58. The first-order valence-electron chi connectivity index (χ1n) is 4.16. The molecule has 14 heavy (non-hydrogen) atoms. The molecule has 0 aromatic carbocycles. The number of nitro groups is 2. The molecule has 0 aromatic heterocycles. The average molecular weight is 204 g/mol. The quantitative estimate of drug-likeness (QED) is 0.454. The van der Waals surface area contributed by atoms with Gasteiger partial charge < -0.3 is 9.47 Å². The van der Waals surface area contributed by atoms with E-state index in [1.165, 1.54) is 0 Å². The Kier molecular flexibility index (Phi) is 2.08. The molecule has 0 amide bonds. The first kappa shape index (κ1) is 9.28. The van der Waals surface area contributed by atoms with E-state index in [0.717, 1.165) is 0 Å². The molecule has 2 aliphatic heterocycles. The molecule has 8 nitrogen and oxygen atoms in total. The summed E-state index contributed by atoms with van der Waals surface area (Å²) in [5.41, 5.74) is 0. The van der Waals surface area contributed by atoms with Gasteiger partial charge in [0.05, 0.1) is 22.7 Å². The van der Waals surface area contributed by atoms with Crippen molar-refractivity contribution in [1.29, 1.82) is 0 Å². The van der Waals surface area contributed by atoms with Gasteiger partial charge in [-0.05, 0) is 0 Å². The fourth-order valence-electron chi connectivity index (χ4n) is 1.77. The number of nitrogens with zero attached hydrogens (tertiary/aromatic N) is 2. The number of fused-ring (bicyclic) bond motifs is 1. The van der Waals surface area contributed by atoms with Gasteiger partial charge in [0.15, 0.2) is 0 Å². The summed E-state index contributed by atoms with van der Waals surface area (Å²) in [6.45, 7) is 0. The van der Waals surface area contributed by atoms with Crippen LogP contribution in [0.4, 0.5) is 0 Å². The van der Waals surface area contributed by atoms with Crippen LogP contribution < -0.4 is 0 Å². The van der Waals surface area contributed by atoms with Crippen molar-refractivity contribution in [3.8, 4) is 0 Å². The maximum absolute atomic E-state index is 10.3. The predicted molar refractivity (Wildman–Crippen MR) is 40.5 cm³/mol. The van der Waals surface area contributed by atoms with Gasteiger partial charge in [-0.2, -0.15) is 0 Å². The lowest BCUT2D eigenvalue weighted by Gasteiger charge is -2.05. The minimum absolute atomic E-state index is 0.0992. The number of rotatable bonds is 2. The molecule has 2 unspecified atom stereocenters. The molecule has 78 valence electrons. The van der Waals surface area contributed by atoms with Gasteiger partial charge >= 0.3 is 12.5 Å². The van der Waals surface area contributed by atoms with Crippen LogP contribution in [0.15, 0.2) is 0 Å². The fourth-order valence-corrected chi connectivity index (χ4v) is 1.77. The van der Waals surface area contributed by atoms with E-state index in [4.69, 9.17) is 9.47 Å². The van der Waals surface area contributed by atoms with E-state index in [9.17, 15) is 20.2 Å². The summed E-state index contributed by atoms with van der Waals surface area (Å²) in [5.74, 6) is 0. The molecule has 2 heterocycles. The Morgan fingerprint density at radius 1 is 0.929 bits per heavy atom. The van der Waals surface area contributed by atoms with Crippen LogP contribution in [-0.2, 0) is 9.47 Å². The molecule has 0 aromatic rings. The van der Waals surface area contributed by atoms with Crippen molar-refractivity contribution in [2.24, 2.45) is 0 Å². The molecule has 0 N–H and O–H groups in total. The topological polar surface area (TPSA) is 105 Å². The molecule has 8 heteroatoms. The lowest BCUT2D eigenvalue weighted by atomic mass is 10.2. The summed E-state index contributed by atoms with van der Waals surface area (Å²) < 4.78 is 10.00. The minimum Gasteiger partial charge on any atom is -0.311 e. The summed E-state index contributed by atoms with van der Waals surface area (Å²) in [6.07, 6.45) is -2.94. The second-order valence-electron chi connectivity index (χ2n) is 3.30. The van der Waals surface area contributed by atoms with E-state index in [2.05, 4.69) is 0 Å². The van der Waals surface area contributed by atoms with Crippen molar-refractivity contribution in [3.05, 3.63) is 20.2 Å². The second-order valence-corrected chi connectivity index (χ2v) is 3.30. The largest absolute Gasteiger partial charge is 0.318 e. The Hall–Kier alpha value is -1.28. The molecular formula is C6H8N2O6. The number of hydrogen-bond donors (Lipinski definition) is 0. The van der Waals surface area contributed by atoms with Crippen molar-refractivity contribution >= 4 is 0 Å². The molecule has 0 bridgehead atoms. The molecule has 2 rings (SSSR count). The van der Waals surface area contributed by atoms with Crippen molar-refractivity contribution in [2.45, 2.75) is 37.5 Å².